The van der Waals surface area contributed by atoms with Crippen LogP contribution in [0.4, 0.5) is 11.5 Å². The first kappa shape index (κ1) is 10.2. The van der Waals surface area contributed by atoms with Crippen molar-refractivity contribution in [1.82, 2.24) is 9.97 Å². The van der Waals surface area contributed by atoms with Gasteiger partial charge < -0.3 is 16.0 Å². The number of nitrogens with one attached hydrogen (secondary N) is 2. The summed E-state index contributed by atoms with van der Waals surface area (Å²) in [6.45, 7) is 0. The molecule has 0 radical (unpaired) electrons. The predicted molar refractivity (Wildman–Crippen MR) is 64.3 cm³/mol. The summed E-state index contributed by atoms with van der Waals surface area (Å²) >= 11 is 0. The third-order valence-electron chi connectivity index (χ3n) is 2.21. The molecule has 1 aromatic heterocycles. The van der Waals surface area contributed by atoms with Crippen LogP contribution in [0.5, 0.6) is 0 Å². The Morgan fingerprint density at radius 3 is 2.56 bits per heavy atom. The molecule has 0 atom stereocenters. The van der Waals surface area contributed by atoms with Gasteiger partial charge in [0.15, 0.2) is 0 Å². The second-order valence-corrected chi connectivity index (χ2v) is 3.35. The van der Waals surface area contributed by atoms with Crippen LogP contribution in [0.3, 0.4) is 0 Å². The Morgan fingerprint density at radius 1 is 1.31 bits per heavy atom. The van der Waals surface area contributed by atoms with Crippen molar-refractivity contribution in [2.45, 2.75) is 0 Å². The van der Waals surface area contributed by atoms with Crippen molar-refractivity contribution in [2.24, 2.45) is 0 Å². The van der Waals surface area contributed by atoms with Gasteiger partial charge in [0.25, 0.3) is 5.56 Å². The molecule has 0 aliphatic heterocycles. The van der Waals surface area contributed by atoms with Crippen LogP contribution < -0.4 is 16.6 Å². The fourth-order valence-corrected chi connectivity index (χ4v) is 1.41. The van der Waals surface area contributed by atoms with E-state index < -0.39 is 0 Å². The van der Waals surface area contributed by atoms with Gasteiger partial charge >= 0.3 is 0 Å². The van der Waals surface area contributed by atoms with Gasteiger partial charge in [-0.1, -0.05) is 0 Å². The van der Waals surface area contributed by atoms with Crippen molar-refractivity contribution in [3.8, 4) is 11.4 Å². The number of hydrogen-bond donors (Lipinski definition) is 3. The van der Waals surface area contributed by atoms with E-state index in [1.807, 2.05) is 31.3 Å². The highest BCUT2D eigenvalue weighted by Gasteiger charge is 2.01. The van der Waals surface area contributed by atoms with Crippen LogP contribution in [0.15, 0.2) is 35.1 Å². The van der Waals surface area contributed by atoms with E-state index in [0.29, 0.717) is 5.82 Å². The number of H-pyrrole nitrogens is 1. The van der Waals surface area contributed by atoms with Gasteiger partial charge in [-0.3, -0.25) is 4.79 Å². The molecule has 1 aromatic carbocycles. The largest absolute Gasteiger partial charge is 0.388 e. The number of aromatic nitrogens is 2. The van der Waals surface area contributed by atoms with Gasteiger partial charge in [0, 0.05) is 24.4 Å². The highest BCUT2D eigenvalue weighted by Crippen LogP contribution is 2.17. The van der Waals surface area contributed by atoms with Crippen molar-refractivity contribution >= 4 is 11.5 Å². The molecular formula is C11H12N4O. The van der Waals surface area contributed by atoms with Crippen LogP contribution in [0.1, 0.15) is 0 Å². The van der Waals surface area contributed by atoms with Gasteiger partial charge in [-0.15, -0.1) is 0 Å². The predicted octanol–water partition coefficient (Wildman–Crippen LogP) is 1.06. The standard InChI is InChI=1S/C11H12N4O/c1-13-8-4-2-7(3-5-8)11-14-9(12)6-10(16)15-11/h2-6,13H,1H3,(H3,12,14,15,16). The van der Waals surface area contributed by atoms with Crippen molar-refractivity contribution in [2.75, 3.05) is 18.1 Å². The van der Waals surface area contributed by atoms with Gasteiger partial charge in [0.2, 0.25) is 0 Å². The molecule has 0 saturated carbocycles. The summed E-state index contributed by atoms with van der Waals surface area (Å²) in [7, 11) is 1.84. The summed E-state index contributed by atoms with van der Waals surface area (Å²) in [6, 6.07) is 8.79. The topological polar surface area (TPSA) is 83.8 Å². The molecule has 0 spiro atoms. The number of anilines is 2. The zero-order valence-electron chi connectivity index (χ0n) is 8.82. The van der Waals surface area contributed by atoms with Crippen LogP contribution in [-0.4, -0.2) is 17.0 Å². The second-order valence-electron chi connectivity index (χ2n) is 3.35. The molecule has 16 heavy (non-hydrogen) atoms. The lowest BCUT2D eigenvalue weighted by molar-refractivity contribution is 1.14. The molecule has 0 amide bonds. The van der Waals surface area contributed by atoms with Crippen molar-refractivity contribution in [3.63, 3.8) is 0 Å². The summed E-state index contributed by atoms with van der Waals surface area (Å²) in [4.78, 5) is 17.9. The number of aromatic amines is 1. The van der Waals surface area contributed by atoms with Gasteiger partial charge in [0.1, 0.15) is 11.6 Å². The average Bonchev–Trinajstić information content (AvgIpc) is 2.28. The Morgan fingerprint density at radius 2 is 2.00 bits per heavy atom. The maximum atomic E-state index is 11.2. The first-order valence-electron chi connectivity index (χ1n) is 4.84. The zero-order valence-corrected chi connectivity index (χ0v) is 8.82. The third kappa shape index (κ3) is 2.03. The molecule has 0 aliphatic rings. The maximum absolute atomic E-state index is 11.2. The smallest absolute Gasteiger partial charge is 0.253 e. The van der Waals surface area contributed by atoms with Gasteiger partial charge in [-0.2, -0.15) is 0 Å². The fourth-order valence-electron chi connectivity index (χ4n) is 1.41. The molecule has 0 saturated heterocycles. The molecule has 1 heterocycles. The number of benzene rings is 1. The Balaban J connectivity index is 2.46. The first-order chi connectivity index (χ1) is 7.69. The van der Waals surface area contributed by atoms with E-state index >= 15 is 0 Å². The second kappa shape index (κ2) is 4.06. The Kier molecular flexibility index (Phi) is 2.59. The normalized spacial score (nSPS) is 10.1. The minimum absolute atomic E-state index is 0.219. The van der Waals surface area contributed by atoms with Gasteiger partial charge in [-0.25, -0.2) is 4.98 Å². The van der Waals surface area contributed by atoms with E-state index in [1.54, 1.807) is 0 Å². The van der Waals surface area contributed by atoms with Crippen molar-refractivity contribution in [3.05, 3.63) is 40.7 Å². The molecule has 2 rings (SSSR count). The zero-order chi connectivity index (χ0) is 11.5. The average molecular weight is 216 g/mol. The van der Waals surface area contributed by atoms with Crippen molar-refractivity contribution < 1.29 is 0 Å². The number of nitrogen functional groups attached to an aromatic ring is 1. The van der Waals surface area contributed by atoms with Gasteiger partial charge in [0.05, 0.1) is 0 Å². The summed E-state index contributed by atoms with van der Waals surface area (Å²) in [6.07, 6.45) is 0. The molecule has 0 bridgehead atoms. The molecule has 0 aliphatic carbocycles. The van der Waals surface area contributed by atoms with E-state index in [2.05, 4.69) is 15.3 Å². The van der Waals surface area contributed by atoms with Crippen LogP contribution in [-0.2, 0) is 0 Å². The van der Waals surface area contributed by atoms with Gasteiger partial charge in [-0.05, 0) is 24.3 Å². The van der Waals surface area contributed by atoms with Crippen LogP contribution in [0.2, 0.25) is 0 Å². The third-order valence-corrected chi connectivity index (χ3v) is 2.21. The van der Waals surface area contributed by atoms with E-state index in [0.717, 1.165) is 11.3 Å². The maximum Gasteiger partial charge on any atom is 0.253 e. The summed E-state index contributed by atoms with van der Waals surface area (Å²) < 4.78 is 0. The first-order valence-corrected chi connectivity index (χ1v) is 4.84. The molecule has 82 valence electrons. The van der Waals surface area contributed by atoms with Crippen molar-refractivity contribution in [1.29, 1.82) is 0 Å². The SMILES string of the molecule is CNc1ccc(-c2nc(N)cc(=O)[nH]2)cc1. The Bertz CT molecular complexity index is 545. The van der Waals surface area contributed by atoms with Crippen LogP contribution >= 0.6 is 0 Å². The summed E-state index contributed by atoms with van der Waals surface area (Å²) in [5.41, 5.74) is 7.08. The minimum Gasteiger partial charge on any atom is -0.388 e. The van der Waals surface area contributed by atoms with E-state index in [9.17, 15) is 4.79 Å². The Hall–Kier alpha value is -2.30. The number of rotatable bonds is 2. The van der Waals surface area contributed by atoms with Crippen LogP contribution in [0, 0.1) is 0 Å². The lowest BCUT2D eigenvalue weighted by Crippen LogP contribution is -2.09. The Labute approximate surface area is 92.3 Å². The molecule has 2 aromatic rings. The summed E-state index contributed by atoms with van der Waals surface area (Å²) in [5.74, 6) is 0.698. The molecule has 5 nitrogen and oxygen atoms in total. The number of hydrogen-bond acceptors (Lipinski definition) is 4. The molecule has 0 fully saturated rings. The lowest BCUT2D eigenvalue weighted by atomic mass is 10.2. The highest BCUT2D eigenvalue weighted by atomic mass is 16.1. The molecular weight excluding hydrogens is 204 g/mol. The quantitative estimate of drug-likeness (QED) is 0.700. The minimum atomic E-state index is -0.250. The molecule has 5 heteroatoms. The number of nitrogens with zero attached hydrogens (tertiary/aromatic N) is 1. The lowest BCUT2D eigenvalue weighted by Gasteiger charge is -2.03. The van der Waals surface area contributed by atoms with Crippen LogP contribution in [0.25, 0.3) is 11.4 Å². The molecule has 4 N–H and O–H groups in total. The summed E-state index contributed by atoms with van der Waals surface area (Å²) in [5, 5.41) is 3.01. The number of nitrogens with two attached hydrogens (primary N) is 1. The van der Waals surface area contributed by atoms with E-state index in [1.165, 1.54) is 6.07 Å². The van der Waals surface area contributed by atoms with E-state index in [4.69, 9.17) is 5.73 Å². The molecule has 0 unspecified atom stereocenters. The highest BCUT2D eigenvalue weighted by molar-refractivity contribution is 5.60. The monoisotopic (exact) mass is 216 g/mol. The van der Waals surface area contributed by atoms with E-state index in [-0.39, 0.29) is 11.4 Å². The fraction of sp³-hybridized carbons (Fsp3) is 0.0909.